The van der Waals surface area contributed by atoms with Crippen LogP contribution in [-0.4, -0.2) is 21.3 Å². The topological polar surface area (TPSA) is 46.4 Å². The molecule has 0 atom stereocenters. The second-order valence-electron chi connectivity index (χ2n) is 3.78. The number of nitrogens with one attached hydrogen (secondary N) is 1. The first-order valence-electron chi connectivity index (χ1n) is 4.82. The van der Waals surface area contributed by atoms with Gasteiger partial charge < -0.3 is 5.32 Å². The average molecular weight is 223 g/mol. The summed E-state index contributed by atoms with van der Waals surface area (Å²) in [6.45, 7) is 5.86. The lowest BCUT2D eigenvalue weighted by atomic mass is 10.3. The van der Waals surface area contributed by atoms with Gasteiger partial charge in [0.2, 0.25) is 0 Å². The first-order valence-corrected chi connectivity index (χ1v) is 5.70. The number of carbonyl (C=O) groups excluding carboxylic acids is 1. The van der Waals surface area contributed by atoms with Gasteiger partial charge in [-0.3, -0.25) is 9.20 Å². The molecule has 2 heterocycles. The number of hydrogen-bond acceptors (Lipinski definition) is 3. The van der Waals surface area contributed by atoms with Crippen LogP contribution in [0.3, 0.4) is 0 Å². The van der Waals surface area contributed by atoms with E-state index < -0.39 is 0 Å². The molecule has 0 unspecified atom stereocenters. The molecule has 4 nitrogen and oxygen atoms in total. The molecule has 15 heavy (non-hydrogen) atoms. The molecule has 0 bridgehead atoms. The Bertz CT molecular complexity index is 498. The molecule has 5 heteroatoms. The number of hydrogen-bond donors (Lipinski definition) is 1. The Hall–Kier alpha value is -1.36. The number of rotatable bonds is 2. The van der Waals surface area contributed by atoms with Crippen LogP contribution >= 0.6 is 11.3 Å². The van der Waals surface area contributed by atoms with Crippen molar-refractivity contribution in [3.8, 4) is 0 Å². The van der Waals surface area contributed by atoms with Gasteiger partial charge in [0.25, 0.3) is 5.91 Å². The highest BCUT2D eigenvalue weighted by Crippen LogP contribution is 2.15. The Morgan fingerprint density at radius 1 is 1.60 bits per heavy atom. The van der Waals surface area contributed by atoms with E-state index in [1.54, 1.807) is 17.5 Å². The Labute approximate surface area is 91.9 Å². The van der Waals surface area contributed by atoms with Gasteiger partial charge in [0.1, 0.15) is 5.69 Å². The van der Waals surface area contributed by atoms with Gasteiger partial charge in [0.05, 0.1) is 0 Å². The van der Waals surface area contributed by atoms with Crippen molar-refractivity contribution in [2.45, 2.75) is 26.8 Å². The first kappa shape index (κ1) is 10.2. The van der Waals surface area contributed by atoms with E-state index in [9.17, 15) is 4.79 Å². The lowest BCUT2D eigenvalue weighted by Gasteiger charge is -2.04. The average Bonchev–Trinajstić information content (AvgIpc) is 2.67. The maximum absolute atomic E-state index is 11.7. The molecule has 2 aromatic heterocycles. The van der Waals surface area contributed by atoms with Gasteiger partial charge in [0, 0.05) is 23.3 Å². The smallest absolute Gasteiger partial charge is 0.271 e. The van der Waals surface area contributed by atoms with Crippen LogP contribution in [0.2, 0.25) is 0 Å². The molecule has 0 saturated heterocycles. The molecule has 0 aromatic carbocycles. The summed E-state index contributed by atoms with van der Waals surface area (Å²) < 4.78 is 1.93. The highest BCUT2D eigenvalue weighted by molar-refractivity contribution is 7.15. The lowest BCUT2D eigenvalue weighted by molar-refractivity contribution is 0.0938. The van der Waals surface area contributed by atoms with Crippen molar-refractivity contribution in [3.05, 3.63) is 23.0 Å². The third-order valence-electron chi connectivity index (χ3n) is 2.04. The first-order chi connectivity index (χ1) is 7.08. The number of carbonyl (C=O) groups is 1. The summed E-state index contributed by atoms with van der Waals surface area (Å²) >= 11 is 1.54. The Morgan fingerprint density at radius 2 is 2.33 bits per heavy atom. The maximum atomic E-state index is 11.7. The van der Waals surface area contributed by atoms with E-state index in [2.05, 4.69) is 10.3 Å². The number of aryl methyl sites for hydroxylation is 1. The zero-order chi connectivity index (χ0) is 11.0. The molecule has 80 valence electrons. The fourth-order valence-corrected chi connectivity index (χ4v) is 2.19. The second-order valence-corrected chi connectivity index (χ2v) is 4.62. The summed E-state index contributed by atoms with van der Waals surface area (Å²) in [7, 11) is 0. The highest BCUT2D eigenvalue weighted by atomic mass is 32.1. The molecule has 0 radical (unpaired) electrons. The fourth-order valence-electron chi connectivity index (χ4n) is 1.34. The largest absolute Gasteiger partial charge is 0.348 e. The van der Waals surface area contributed by atoms with Gasteiger partial charge in [-0.15, -0.1) is 11.3 Å². The predicted molar refractivity (Wildman–Crippen MR) is 60.4 cm³/mol. The van der Waals surface area contributed by atoms with Crippen molar-refractivity contribution in [2.75, 3.05) is 0 Å². The lowest BCUT2D eigenvalue weighted by Crippen LogP contribution is -2.30. The van der Waals surface area contributed by atoms with Crippen LogP contribution in [0.15, 0.2) is 11.6 Å². The van der Waals surface area contributed by atoms with E-state index in [1.165, 1.54) is 0 Å². The molecule has 2 rings (SSSR count). The Morgan fingerprint density at radius 3 is 2.93 bits per heavy atom. The van der Waals surface area contributed by atoms with Gasteiger partial charge in [0.15, 0.2) is 4.96 Å². The minimum Gasteiger partial charge on any atom is -0.348 e. The van der Waals surface area contributed by atoms with E-state index in [4.69, 9.17) is 0 Å². The van der Waals surface area contributed by atoms with Crippen LogP contribution in [-0.2, 0) is 0 Å². The molecule has 1 N–H and O–H groups in total. The zero-order valence-corrected chi connectivity index (χ0v) is 9.76. The van der Waals surface area contributed by atoms with Crippen molar-refractivity contribution in [1.82, 2.24) is 14.7 Å². The summed E-state index contributed by atoms with van der Waals surface area (Å²) in [6.07, 6.45) is 1.78. The molecule has 0 aliphatic carbocycles. The minimum atomic E-state index is -0.111. The summed E-state index contributed by atoms with van der Waals surface area (Å²) in [4.78, 5) is 16.8. The summed E-state index contributed by atoms with van der Waals surface area (Å²) in [5.74, 6) is -0.111. The van der Waals surface area contributed by atoms with Gasteiger partial charge in [-0.1, -0.05) is 0 Å². The molecule has 0 fully saturated rings. The number of thiazole rings is 1. The molecule has 2 aromatic rings. The van der Waals surface area contributed by atoms with E-state index in [0.29, 0.717) is 5.69 Å². The van der Waals surface area contributed by atoms with E-state index >= 15 is 0 Å². The van der Waals surface area contributed by atoms with Crippen LogP contribution in [0, 0.1) is 6.92 Å². The Kier molecular flexibility index (Phi) is 2.48. The van der Waals surface area contributed by atoms with Gasteiger partial charge in [-0.25, -0.2) is 4.98 Å². The van der Waals surface area contributed by atoms with E-state index in [1.807, 2.05) is 30.6 Å². The third kappa shape index (κ3) is 1.87. The number of fused-ring (bicyclic) bond motifs is 1. The van der Waals surface area contributed by atoms with Crippen molar-refractivity contribution in [2.24, 2.45) is 0 Å². The zero-order valence-electron chi connectivity index (χ0n) is 8.94. The second kappa shape index (κ2) is 3.66. The van der Waals surface area contributed by atoms with Crippen molar-refractivity contribution in [1.29, 1.82) is 0 Å². The summed E-state index contributed by atoms with van der Waals surface area (Å²) in [5.41, 5.74) is 1.59. The summed E-state index contributed by atoms with van der Waals surface area (Å²) in [6, 6.07) is 0.137. The minimum absolute atomic E-state index is 0.111. The molecular weight excluding hydrogens is 210 g/mol. The monoisotopic (exact) mass is 223 g/mol. The maximum Gasteiger partial charge on any atom is 0.271 e. The quantitative estimate of drug-likeness (QED) is 0.844. The SMILES string of the molecule is Cc1csc2nc(C(=O)NC(C)C)cn12. The van der Waals surface area contributed by atoms with Gasteiger partial charge in [-0.05, 0) is 20.8 Å². The number of amides is 1. The van der Waals surface area contributed by atoms with Crippen LogP contribution in [0.1, 0.15) is 30.0 Å². The number of nitrogens with zero attached hydrogens (tertiary/aromatic N) is 2. The molecule has 1 amide bonds. The van der Waals surface area contributed by atoms with Crippen LogP contribution < -0.4 is 5.32 Å². The summed E-state index contributed by atoms with van der Waals surface area (Å²) in [5, 5.41) is 4.84. The fraction of sp³-hybridized carbons (Fsp3) is 0.400. The van der Waals surface area contributed by atoms with Crippen molar-refractivity contribution < 1.29 is 4.79 Å². The normalized spacial score (nSPS) is 11.2. The van der Waals surface area contributed by atoms with E-state index in [-0.39, 0.29) is 11.9 Å². The van der Waals surface area contributed by atoms with E-state index in [0.717, 1.165) is 10.7 Å². The van der Waals surface area contributed by atoms with Gasteiger partial charge in [-0.2, -0.15) is 0 Å². The molecule has 0 aliphatic rings. The van der Waals surface area contributed by atoms with Crippen LogP contribution in [0.25, 0.3) is 4.96 Å². The van der Waals surface area contributed by atoms with Crippen molar-refractivity contribution in [3.63, 3.8) is 0 Å². The molecule has 0 aliphatic heterocycles. The number of aromatic nitrogens is 2. The van der Waals surface area contributed by atoms with Crippen molar-refractivity contribution >= 4 is 22.2 Å². The predicted octanol–water partition coefficient (Wildman–Crippen LogP) is 1.84. The highest BCUT2D eigenvalue weighted by Gasteiger charge is 2.12. The van der Waals surface area contributed by atoms with Crippen LogP contribution in [0.5, 0.6) is 0 Å². The molecule has 0 spiro atoms. The number of imidazole rings is 1. The third-order valence-corrected chi connectivity index (χ3v) is 3.00. The van der Waals surface area contributed by atoms with Crippen LogP contribution in [0.4, 0.5) is 0 Å². The van der Waals surface area contributed by atoms with Gasteiger partial charge >= 0.3 is 0 Å². The molecule has 0 saturated carbocycles. The standard InChI is InChI=1S/C10H13N3OS/c1-6(2)11-9(14)8-4-13-7(3)5-15-10(13)12-8/h4-6H,1-3H3,(H,11,14). The Balaban J connectivity index is 2.32. The molecular formula is C10H13N3OS.